The fourth-order valence-corrected chi connectivity index (χ4v) is 5.67. The zero-order valence-corrected chi connectivity index (χ0v) is 22.7. The molecule has 3 N–H and O–H groups in total. The van der Waals surface area contributed by atoms with Crippen molar-refractivity contribution in [2.45, 2.75) is 36.7 Å². The molecule has 0 aliphatic carbocycles. The maximum absolute atomic E-state index is 9.46. The highest BCUT2D eigenvalue weighted by molar-refractivity contribution is 7.99. The van der Waals surface area contributed by atoms with Crippen molar-refractivity contribution < 1.29 is 19.0 Å². The molecule has 1 aromatic heterocycles. The van der Waals surface area contributed by atoms with Crippen molar-refractivity contribution in [3.05, 3.63) is 126 Å². The molecule has 1 saturated heterocycles. The number of nitrogens with two attached hydrogens (primary N) is 1. The summed E-state index contributed by atoms with van der Waals surface area (Å²) >= 11 is 1.54. The number of hydrogen-bond acceptors (Lipinski definition) is 7. The minimum Gasteiger partial charge on any atom is -0.431 e. The predicted molar refractivity (Wildman–Crippen MR) is 157 cm³/mol. The third-order valence-electron chi connectivity index (χ3n) is 6.88. The lowest BCUT2D eigenvalue weighted by molar-refractivity contribution is -0.245. The number of nitrogen functional groups attached to an aromatic ring is 1. The van der Waals surface area contributed by atoms with Crippen LogP contribution in [0.3, 0.4) is 0 Å². The second-order valence-corrected chi connectivity index (χ2v) is 10.7. The van der Waals surface area contributed by atoms with Gasteiger partial charge >= 0.3 is 0 Å². The summed E-state index contributed by atoms with van der Waals surface area (Å²) < 4.78 is 19.2. The van der Waals surface area contributed by atoms with E-state index in [0.717, 1.165) is 39.3 Å². The van der Waals surface area contributed by atoms with E-state index >= 15 is 0 Å². The van der Waals surface area contributed by atoms with Crippen LogP contribution in [0.15, 0.2) is 119 Å². The van der Waals surface area contributed by atoms with Crippen LogP contribution in [0, 0.1) is 0 Å². The van der Waals surface area contributed by atoms with E-state index in [-0.39, 0.29) is 18.8 Å². The summed E-state index contributed by atoms with van der Waals surface area (Å²) in [6.07, 6.45) is -0.195. The molecule has 0 spiro atoms. The summed E-state index contributed by atoms with van der Waals surface area (Å²) in [5.41, 5.74) is 12.3. The number of benzene rings is 4. The SMILES string of the molecule is Nc1cccc([C@H]2O[C@@H](CSc3nc(-c4ccccc4)c(-c4ccccc4)o3)C[C@@H](c3ccc(CO)cc3)O2)c1. The van der Waals surface area contributed by atoms with Gasteiger partial charge in [-0.15, -0.1) is 0 Å². The Bertz CT molecular complexity index is 1480. The monoisotopic (exact) mass is 550 g/mol. The lowest BCUT2D eigenvalue weighted by Crippen LogP contribution is -2.31. The Hall–Kier alpha value is -3.88. The highest BCUT2D eigenvalue weighted by Crippen LogP contribution is 2.41. The lowest BCUT2D eigenvalue weighted by atomic mass is 10.0. The number of oxazole rings is 1. The molecular formula is C33H30N2O4S. The Balaban J connectivity index is 1.25. The highest BCUT2D eigenvalue weighted by Gasteiger charge is 2.33. The number of aliphatic hydroxyl groups is 1. The van der Waals surface area contributed by atoms with Crippen LogP contribution in [-0.4, -0.2) is 21.9 Å². The molecule has 6 rings (SSSR count). The van der Waals surface area contributed by atoms with Crippen LogP contribution in [0.4, 0.5) is 5.69 Å². The van der Waals surface area contributed by atoms with Gasteiger partial charge in [0.05, 0.1) is 18.8 Å². The molecule has 1 aliphatic rings. The quantitative estimate of drug-likeness (QED) is 0.153. The molecule has 5 aromatic rings. The summed E-state index contributed by atoms with van der Waals surface area (Å²) in [7, 11) is 0. The number of ether oxygens (including phenoxy) is 2. The van der Waals surface area contributed by atoms with Crippen LogP contribution < -0.4 is 5.73 Å². The number of aliphatic hydroxyl groups excluding tert-OH is 1. The fraction of sp³-hybridized carbons (Fsp3) is 0.182. The average molecular weight is 551 g/mol. The Morgan fingerprint density at radius 3 is 2.23 bits per heavy atom. The van der Waals surface area contributed by atoms with E-state index in [9.17, 15) is 5.11 Å². The summed E-state index contributed by atoms with van der Waals surface area (Å²) in [4.78, 5) is 4.90. The van der Waals surface area contributed by atoms with E-state index < -0.39 is 6.29 Å². The topological polar surface area (TPSA) is 90.7 Å². The molecule has 0 unspecified atom stereocenters. The third-order valence-corrected chi connectivity index (χ3v) is 7.84. The maximum atomic E-state index is 9.46. The summed E-state index contributed by atoms with van der Waals surface area (Å²) in [6, 6.07) is 35.6. The van der Waals surface area contributed by atoms with Gasteiger partial charge in [0.1, 0.15) is 5.69 Å². The van der Waals surface area contributed by atoms with Crippen molar-refractivity contribution in [1.82, 2.24) is 4.98 Å². The van der Waals surface area contributed by atoms with Crippen molar-refractivity contribution >= 4 is 17.4 Å². The molecule has 6 nitrogen and oxygen atoms in total. The summed E-state index contributed by atoms with van der Waals surface area (Å²) in [6.45, 7) is 0.00613. The molecule has 1 fully saturated rings. The van der Waals surface area contributed by atoms with Crippen molar-refractivity contribution in [3.63, 3.8) is 0 Å². The van der Waals surface area contributed by atoms with Crippen molar-refractivity contribution in [3.8, 4) is 22.6 Å². The van der Waals surface area contributed by atoms with Crippen molar-refractivity contribution in [2.75, 3.05) is 11.5 Å². The molecule has 40 heavy (non-hydrogen) atoms. The molecule has 0 bridgehead atoms. The zero-order valence-electron chi connectivity index (χ0n) is 21.9. The van der Waals surface area contributed by atoms with Gasteiger partial charge in [-0.05, 0) is 23.3 Å². The molecule has 0 amide bonds. The van der Waals surface area contributed by atoms with Crippen LogP contribution in [0.1, 0.15) is 35.5 Å². The Morgan fingerprint density at radius 1 is 0.800 bits per heavy atom. The minimum absolute atomic E-state index is 0.00613. The first kappa shape index (κ1) is 26.3. The third kappa shape index (κ3) is 5.98. The largest absolute Gasteiger partial charge is 0.431 e. The molecule has 2 heterocycles. The fourth-order valence-electron chi connectivity index (χ4n) is 4.83. The smallest absolute Gasteiger partial charge is 0.256 e. The average Bonchev–Trinajstić information content (AvgIpc) is 3.45. The van der Waals surface area contributed by atoms with Gasteiger partial charge in [-0.1, -0.05) is 109 Å². The van der Waals surface area contributed by atoms with Gasteiger partial charge in [0.15, 0.2) is 12.1 Å². The number of rotatable bonds is 8. The lowest BCUT2D eigenvalue weighted by Gasteiger charge is -2.36. The maximum Gasteiger partial charge on any atom is 0.256 e. The Morgan fingerprint density at radius 2 is 1.52 bits per heavy atom. The first-order valence-corrected chi connectivity index (χ1v) is 14.3. The van der Waals surface area contributed by atoms with Gasteiger partial charge in [-0.25, -0.2) is 4.98 Å². The molecule has 4 aromatic carbocycles. The van der Waals surface area contributed by atoms with Crippen LogP contribution in [0.2, 0.25) is 0 Å². The van der Waals surface area contributed by atoms with Crippen LogP contribution in [-0.2, 0) is 16.1 Å². The van der Waals surface area contributed by atoms with Gasteiger partial charge < -0.3 is 24.7 Å². The zero-order chi connectivity index (χ0) is 27.3. The van der Waals surface area contributed by atoms with E-state index in [2.05, 4.69) is 0 Å². The number of nitrogens with zero attached hydrogens (tertiary/aromatic N) is 1. The Kier molecular flexibility index (Phi) is 7.97. The molecule has 7 heteroatoms. The molecular weight excluding hydrogens is 520 g/mol. The van der Waals surface area contributed by atoms with E-state index in [0.29, 0.717) is 23.1 Å². The van der Waals surface area contributed by atoms with E-state index in [1.807, 2.05) is 109 Å². The summed E-state index contributed by atoms with van der Waals surface area (Å²) in [5, 5.41) is 10.1. The van der Waals surface area contributed by atoms with Crippen molar-refractivity contribution in [1.29, 1.82) is 0 Å². The van der Waals surface area contributed by atoms with Gasteiger partial charge in [0.25, 0.3) is 5.22 Å². The first-order chi connectivity index (χ1) is 19.7. The van der Waals surface area contributed by atoms with Gasteiger partial charge in [-0.2, -0.15) is 0 Å². The van der Waals surface area contributed by atoms with Crippen molar-refractivity contribution in [2.24, 2.45) is 0 Å². The normalized spacial score (nSPS) is 19.0. The Labute approximate surface area is 237 Å². The standard InChI is InChI=1S/C33H30N2O4S/c34-27-13-7-12-26(18-27)32-37-28(19-29(38-32)23-16-14-22(20-36)15-17-23)21-40-33-35-30(24-8-3-1-4-9-24)31(39-33)25-10-5-2-6-11-25/h1-18,28-29,32,36H,19-21,34H2/t28-,29+,32+/m1/s1. The molecule has 0 radical (unpaired) electrons. The second-order valence-electron chi connectivity index (χ2n) is 9.72. The van der Waals surface area contributed by atoms with E-state index in [1.165, 1.54) is 11.8 Å². The summed E-state index contributed by atoms with van der Waals surface area (Å²) in [5.74, 6) is 1.39. The second kappa shape index (κ2) is 12.1. The van der Waals surface area contributed by atoms with Crippen LogP contribution >= 0.6 is 11.8 Å². The van der Waals surface area contributed by atoms with Crippen LogP contribution in [0.25, 0.3) is 22.6 Å². The van der Waals surface area contributed by atoms with E-state index in [4.69, 9.17) is 24.6 Å². The molecule has 202 valence electrons. The van der Waals surface area contributed by atoms with Crippen LogP contribution in [0.5, 0.6) is 0 Å². The van der Waals surface area contributed by atoms with Gasteiger partial charge in [0.2, 0.25) is 0 Å². The highest BCUT2D eigenvalue weighted by atomic mass is 32.2. The first-order valence-electron chi connectivity index (χ1n) is 13.3. The number of aromatic nitrogens is 1. The number of hydrogen-bond donors (Lipinski definition) is 2. The predicted octanol–water partition coefficient (Wildman–Crippen LogP) is 7.42. The minimum atomic E-state index is -0.560. The number of anilines is 1. The number of thioether (sulfide) groups is 1. The van der Waals surface area contributed by atoms with E-state index in [1.54, 1.807) is 0 Å². The molecule has 1 aliphatic heterocycles. The van der Waals surface area contributed by atoms with Gasteiger partial charge in [-0.3, -0.25) is 0 Å². The molecule has 3 atom stereocenters. The molecule has 0 saturated carbocycles. The van der Waals surface area contributed by atoms with Gasteiger partial charge in [0, 0.05) is 34.6 Å².